The Morgan fingerprint density at radius 1 is 1.24 bits per heavy atom. The molecule has 2 heterocycles. The van der Waals surface area contributed by atoms with Gasteiger partial charge in [-0.05, 0) is 55.5 Å². The van der Waals surface area contributed by atoms with Crippen molar-refractivity contribution in [2.45, 2.75) is 36.1 Å². The number of hydrogen-bond donors (Lipinski definition) is 2. The first-order valence-corrected chi connectivity index (χ1v) is 11.2. The summed E-state index contributed by atoms with van der Waals surface area (Å²) in [6.45, 7) is 1.70. The molecule has 1 aromatic carbocycles. The number of hydrogen-bond acceptors (Lipinski definition) is 6. The lowest BCUT2D eigenvalue weighted by Crippen LogP contribution is -2.53. The molecule has 0 aliphatic carbocycles. The molecule has 1 aliphatic rings. The van der Waals surface area contributed by atoms with Crippen LogP contribution in [0, 0.1) is 5.82 Å². The van der Waals surface area contributed by atoms with E-state index >= 15 is 0 Å². The molecule has 8 nitrogen and oxygen atoms in total. The summed E-state index contributed by atoms with van der Waals surface area (Å²) in [6.07, 6.45) is -0.0652. The molecule has 2 amide bonds. The molecular formula is C18H20FN3O5S2. The average molecular weight is 442 g/mol. The zero-order valence-electron chi connectivity index (χ0n) is 15.5. The van der Waals surface area contributed by atoms with E-state index in [1.165, 1.54) is 37.3 Å². The lowest BCUT2D eigenvalue weighted by atomic mass is 10.2. The highest BCUT2D eigenvalue weighted by atomic mass is 32.2. The number of nitrogens with zero attached hydrogens (tertiary/aromatic N) is 1. The molecule has 2 atom stereocenters. The number of thiophene rings is 1. The van der Waals surface area contributed by atoms with Gasteiger partial charge in [0.15, 0.2) is 6.10 Å². The Hall–Kier alpha value is -2.50. The fourth-order valence-corrected chi connectivity index (χ4v) is 5.67. The van der Waals surface area contributed by atoms with Gasteiger partial charge in [-0.1, -0.05) is 6.07 Å². The lowest BCUT2D eigenvalue weighted by Gasteiger charge is -2.23. The van der Waals surface area contributed by atoms with Crippen molar-refractivity contribution in [2.75, 3.05) is 6.54 Å². The van der Waals surface area contributed by atoms with Crippen molar-refractivity contribution >= 4 is 33.2 Å². The van der Waals surface area contributed by atoms with Gasteiger partial charge < -0.3 is 4.74 Å². The van der Waals surface area contributed by atoms with Crippen LogP contribution in [-0.4, -0.2) is 43.2 Å². The molecule has 1 fully saturated rings. The van der Waals surface area contributed by atoms with Gasteiger partial charge in [0.05, 0.1) is 0 Å². The summed E-state index contributed by atoms with van der Waals surface area (Å²) in [4.78, 5) is 24.6. The molecule has 2 N–H and O–H groups in total. The van der Waals surface area contributed by atoms with Gasteiger partial charge >= 0.3 is 0 Å². The van der Waals surface area contributed by atoms with Crippen LogP contribution in [0.4, 0.5) is 4.39 Å². The minimum absolute atomic E-state index is 0.169. The Balaban J connectivity index is 1.56. The van der Waals surface area contributed by atoms with E-state index in [2.05, 4.69) is 10.9 Å². The van der Waals surface area contributed by atoms with Gasteiger partial charge in [0.1, 0.15) is 21.8 Å². The van der Waals surface area contributed by atoms with Crippen molar-refractivity contribution in [1.82, 2.24) is 15.2 Å². The van der Waals surface area contributed by atoms with Gasteiger partial charge in [0, 0.05) is 6.54 Å². The van der Waals surface area contributed by atoms with Gasteiger partial charge in [-0.15, -0.1) is 11.3 Å². The minimum Gasteiger partial charge on any atom is -0.481 e. The van der Waals surface area contributed by atoms with Crippen LogP contribution >= 0.6 is 11.3 Å². The Bertz CT molecular complexity index is 964. The highest BCUT2D eigenvalue weighted by Gasteiger charge is 2.40. The fourth-order valence-electron chi connectivity index (χ4n) is 2.89. The quantitative estimate of drug-likeness (QED) is 0.664. The van der Waals surface area contributed by atoms with Crippen molar-refractivity contribution in [1.29, 1.82) is 0 Å². The number of nitrogens with one attached hydrogen (secondary N) is 2. The van der Waals surface area contributed by atoms with Crippen LogP contribution in [0.1, 0.15) is 19.8 Å². The summed E-state index contributed by atoms with van der Waals surface area (Å²) in [7, 11) is -3.77. The molecule has 1 saturated heterocycles. The number of halogens is 1. The van der Waals surface area contributed by atoms with Crippen molar-refractivity contribution in [3.05, 3.63) is 47.6 Å². The van der Waals surface area contributed by atoms with E-state index in [0.717, 1.165) is 15.6 Å². The lowest BCUT2D eigenvalue weighted by molar-refractivity contribution is -0.133. The van der Waals surface area contributed by atoms with Crippen LogP contribution in [0.5, 0.6) is 5.75 Å². The Morgan fingerprint density at radius 2 is 1.97 bits per heavy atom. The summed E-state index contributed by atoms with van der Waals surface area (Å²) in [5.74, 6) is -1.39. The van der Waals surface area contributed by atoms with E-state index in [0.29, 0.717) is 18.6 Å². The predicted octanol–water partition coefficient (Wildman–Crippen LogP) is 1.66. The van der Waals surface area contributed by atoms with Crippen LogP contribution in [0.2, 0.25) is 0 Å². The number of carbonyl (C=O) groups excluding carboxylic acids is 2. The molecule has 3 rings (SSSR count). The fraction of sp³-hybridized carbons (Fsp3) is 0.333. The molecule has 156 valence electrons. The number of hydrazine groups is 1. The van der Waals surface area contributed by atoms with Crippen LogP contribution < -0.4 is 15.6 Å². The first-order valence-electron chi connectivity index (χ1n) is 8.86. The predicted molar refractivity (Wildman–Crippen MR) is 104 cm³/mol. The van der Waals surface area contributed by atoms with Crippen molar-refractivity contribution in [2.24, 2.45) is 0 Å². The zero-order chi connectivity index (χ0) is 21.0. The second-order valence-electron chi connectivity index (χ2n) is 6.40. The molecule has 0 saturated carbocycles. The number of carbonyl (C=O) groups is 2. The van der Waals surface area contributed by atoms with Crippen molar-refractivity contribution in [3.63, 3.8) is 0 Å². The summed E-state index contributed by atoms with van der Waals surface area (Å²) in [6, 6.07) is 7.37. The van der Waals surface area contributed by atoms with E-state index in [4.69, 9.17) is 4.74 Å². The number of benzene rings is 1. The van der Waals surface area contributed by atoms with E-state index in [1.54, 1.807) is 11.4 Å². The van der Waals surface area contributed by atoms with Crippen molar-refractivity contribution < 1.29 is 27.1 Å². The third-order valence-electron chi connectivity index (χ3n) is 4.37. The third-order valence-corrected chi connectivity index (χ3v) is 7.65. The molecule has 0 radical (unpaired) electrons. The van der Waals surface area contributed by atoms with Crippen molar-refractivity contribution in [3.8, 4) is 5.75 Å². The summed E-state index contributed by atoms with van der Waals surface area (Å²) in [5, 5.41) is 1.65. The smallest absolute Gasteiger partial charge is 0.279 e. The van der Waals surface area contributed by atoms with E-state index < -0.39 is 39.8 Å². The second kappa shape index (κ2) is 8.89. The highest BCUT2D eigenvalue weighted by molar-refractivity contribution is 7.91. The molecule has 29 heavy (non-hydrogen) atoms. The normalized spacial score (nSPS) is 18.2. The van der Waals surface area contributed by atoms with Crippen LogP contribution in [0.15, 0.2) is 46.0 Å². The van der Waals surface area contributed by atoms with Crippen LogP contribution in [0.3, 0.4) is 0 Å². The molecular weight excluding hydrogens is 421 g/mol. The Kier molecular flexibility index (Phi) is 6.50. The highest BCUT2D eigenvalue weighted by Crippen LogP contribution is 2.28. The molecule has 2 aromatic rings. The molecule has 0 spiro atoms. The average Bonchev–Trinajstić information content (AvgIpc) is 3.39. The monoisotopic (exact) mass is 441 g/mol. The maximum atomic E-state index is 12.9. The largest absolute Gasteiger partial charge is 0.481 e. The second-order valence-corrected chi connectivity index (χ2v) is 9.46. The molecule has 1 aliphatic heterocycles. The first-order chi connectivity index (χ1) is 13.8. The standard InChI is InChI=1S/C18H20FN3O5S2/c1-12(27-14-8-6-13(19)7-9-14)17(23)20-21-18(24)15-4-2-10-22(15)29(25,26)16-5-3-11-28-16/h3,5-9,11-12,15H,2,4,10H2,1H3,(H,20,23)(H,21,24). The number of rotatable bonds is 6. The van der Waals surface area contributed by atoms with E-state index in [9.17, 15) is 22.4 Å². The number of amides is 2. The number of sulfonamides is 1. The van der Waals surface area contributed by atoms with Gasteiger partial charge in [-0.25, -0.2) is 12.8 Å². The SMILES string of the molecule is CC(Oc1ccc(F)cc1)C(=O)NNC(=O)C1CCCN1S(=O)(=O)c1cccs1. The van der Waals surface area contributed by atoms with Gasteiger partial charge in [0.25, 0.3) is 21.8 Å². The summed E-state index contributed by atoms with van der Waals surface area (Å²) in [5.41, 5.74) is 4.51. The van der Waals surface area contributed by atoms with Crippen LogP contribution in [0.25, 0.3) is 0 Å². The summed E-state index contributed by atoms with van der Waals surface area (Å²) >= 11 is 1.08. The Morgan fingerprint density at radius 3 is 2.62 bits per heavy atom. The zero-order valence-corrected chi connectivity index (χ0v) is 17.1. The first kappa shape index (κ1) is 21.2. The van der Waals surface area contributed by atoms with Crippen LogP contribution in [-0.2, 0) is 19.6 Å². The molecule has 0 bridgehead atoms. The van der Waals surface area contributed by atoms with Gasteiger partial charge in [-0.3, -0.25) is 20.4 Å². The molecule has 2 unspecified atom stereocenters. The molecule has 1 aromatic heterocycles. The maximum absolute atomic E-state index is 12.9. The Labute approximate surface area is 171 Å². The van der Waals surface area contributed by atoms with Gasteiger partial charge in [-0.2, -0.15) is 4.31 Å². The maximum Gasteiger partial charge on any atom is 0.279 e. The topological polar surface area (TPSA) is 105 Å². The van der Waals surface area contributed by atoms with E-state index in [-0.39, 0.29) is 10.8 Å². The number of ether oxygens (including phenoxy) is 1. The minimum atomic E-state index is -3.77. The molecule has 11 heteroatoms. The third kappa shape index (κ3) is 4.92. The van der Waals surface area contributed by atoms with E-state index in [1.807, 2.05) is 0 Å². The summed E-state index contributed by atoms with van der Waals surface area (Å²) < 4.78 is 45.0. The van der Waals surface area contributed by atoms with Gasteiger partial charge in [0.2, 0.25) is 0 Å².